The Morgan fingerprint density at radius 3 is 2.11 bits per heavy atom. The number of rotatable bonds is 5. The lowest BCUT2D eigenvalue weighted by atomic mass is 9.93. The largest absolute Gasteiger partial charge is 0.503 e. The molecule has 1 N–H and O–H groups in total. The number of aliphatic hydroxyl groups is 1. The Hall–Kier alpha value is -2.98. The van der Waals surface area contributed by atoms with Crippen LogP contribution in [0.5, 0.6) is 0 Å². The van der Waals surface area contributed by atoms with Crippen LogP contribution in [0.4, 0.5) is 0 Å². The quantitative estimate of drug-likeness (QED) is 0.591. The van der Waals surface area contributed by atoms with Gasteiger partial charge in [0.25, 0.3) is 5.91 Å². The van der Waals surface area contributed by atoms with Gasteiger partial charge in [0.2, 0.25) is 0 Å². The molecule has 1 aliphatic heterocycles. The number of hydrogen-bond acceptors (Lipinski definition) is 3. The molecule has 0 aliphatic carbocycles. The Kier molecular flexibility index (Phi) is 5.22. The van der Waals surface area contributed by atoms with Gasteiger partial charge in [0.1, 0.15) is 0 Å². The summed E-state index contributed by atoms with van der Waals surface area (Å²) in [6.07, 6.45) is 2.04. The van der Waals surface area contributed by atoms with Crippen molar-refractivity contribution in [3.05, 3.63) is 107 Å². The Bertz CT molecular complexity index is 998. The predicted molar refractivity (Wildman–Crippen MR) is 114 cm³/mol. The van der Waals surface area contributed by atoms with Gasteiger partial charge < -0.3 is 10.0 Å². The molecule has 3 aromatic rings. The molecular formula is C24H21NO2S. The summed E-state index contributed by atoms with van der Waals surface area (Å²) in [5.41, 5.74) is 3.55. The molecule has 0 fully saturated rings. The molecule has 0 radical (unpaired) electrons. The number of amides is 1. The van der Waals surface area contributed by atoms with Crippen LogP contribution in [0.3, 0.4) is 0 Å². The van der Waals surface area contributed by atoms with Gasteiger partial charge in [-0.2, -0.15) is 0 Å². The summed E-state index contributed by atoms with van der Waals surface area (Å²) in [6.45, 7) is 0.438. The van der Waals surface area contributed by atoms with Crippen molar-refractivity contribution < 1.29 is 9.90 Å². The summed E-state index contributed by atoms with van der Waals surface area (Å²) in [6, 6.07) is 27.4. The first-order chi connectivity index (χ1) is 13.7. The molecule has 3 aromatic carbocycles. The van der Waals surface area contributed by atoms with E-state index in [0.29, 0.717) is 12.1 Å². The predicted octanol–water partition coefficient (Wildman–Crippen LogP) is 5.46. The van der Waals surface area contributed by atoms with Gasteiger partial charge in [-0.1, -0.05) is 72.8 Å². The van der Waals surface area contributed by atoms with Gasteiger partial charge >= 0.3 is 0 Å². The van der Waals surface area contributed by atoms with Crippen molar-refractivity contribution in [1.29, 1.82) is 0 Å². The average molecular weight is 388 g/mol. The summed E-state index contributed by atoms with van der Waals surface area (Å²) in [5, 5.41) is 10.8. The van der Waals surface area contributed by atoms with E-state index >= 15 is 0 Å². The van der Waals surface area contributed by atoms with E-state index in [1.165, 1.54) is 4.90 Å². The number of carbonyl (C=O) groups is 1. The number of benzene rings is 3. The van der Waals surface area contributed by atoms with Crippen LogP contribution in [0.25, 0.3) is 5.57 Å². The Balaban J connectivity index is 1.76. The molecule has 1 atom stereocenters. The maximum atomic E-state index is 13.0. The third kappa shape index (κ3) is 3.43. The molecule has 0 unspecified atom stereocenters. The normalized spacial score (nSPS) is 16.7. The molecule has 4 heteroatoms. The molecule has 0 bridgehead atoms. The lowest BCUT2D eigenvalue weighted by Crippen LogP contribution is -2.29. The van der Waals surface area contributed by atoms with Crippen molar-refractivity contribution in [2.24, 2.45) is 0 Å². The van der Waals surface area contributed by atoms with Crippen LogP contribution < -0.4 is 0 Å². The Labute approximate surface area is 169 Å². The molecule has 1 aliphatic rings. The maximum absolute atomic E-state index is 13.0. The van der Waals surface area contributed by atoms with Crippen molar-refractivity contribution >= 4 is 23.2 Å². The molecule has 140 valence electrons. The zero-order chi connectivity index (χ0) is 19.5. The molecule has 0 spiro atoms. The van der Waals surface area contributed by atoms with E-state index in [-0.39, 0.29) is 17.7 Å². The zero-order valence-electron chi connectivity index (χ0n) is 15.6. The number of aliphatic hydroxyl groups excluding tert-OH is 1. The summed E-state index contributed by atoms with van der Waals surface area (Å²) in [7, 11) is 0. The van der Waals surface area contributed by atoms with E-state index < -0.39 is 0 Å². The van der Waals surface area contributed by atoms with Gasteiger partial charge in [0.05, 0.1) is 6.04 Å². The first-order valence-electron chi connectivity index (χ1n) is 9.16. The lowest BCUT2D eigenvalue weighted by molar-refractivity contribution is -0.130. The minimum Gasteiger partial charge on any atom is -0.503 e. The first-order valence-corrected chi connectivity index (χ1v) is 10.4. The molecule has 4 rings (SSSR count). The first kappa shape index (κ1) is 18.4. The van der Waals surface area contributed by atoms with Gasteiger partial charge in [-0.15, -0.1) is 11.8 Å². The standard InChI is InChI=1S/C24H21NO2S/c1-28-20-14-12-17(13-15-20)16-25-22(19-10-6-3-7-11-19)21(23(26)24(25)27)18-8-4-2-5-9-18/h2-15,22,26H,16H2,1H3/t22-/m1/s1. The highest BCUT2D eigenvalue weighted by molar-refractivity contribution is 7.98. The minimum absolute atomic E-state index is 0.166. The van der Waals surface area contributed by atoms with E-state index in [9.17, 15) is 9.90 Å². The molecule has 0 saturated carbocycles. The van der Waals surface area contributed by atoms with Crippen molar-refractivity contribution in [2.45, 2.75) is 17.5 Å². The summed E-state index contributed by atoms with van der Waals surface area (Å²) in [4.78, 5) is 15.9. The third-order valence-electron chi connectivity index (χ3n) is 5.02. The highest BCUT2D eigenvalue weighted by Gasteiger charge is 2.40. The van der Waals surface area contributed by atoms with Crippen molar-refractivity contribution in [3.8, 4) is 0 Å². The van der Waals surface area contributed by atoms with E-state index in [2.05, 4.69) is 12.1 Å². The fraction of sp³-hybridized carbons (Fsp3) is 0.125. The van der Waals surface area contributed by atoms with Crippen molar-refractivity contribution in [3.63, 3.8) is 0 Å². The second kappa shape index (κ2) is 7.95. The highest BCUT2D eigenvalue weighted by atomic mass is 32.2. The number of carbonyl (C=O) groups excluding carboxylic acids is 1. The van der Waals surface area contributed by atoms with Crippen molar-refractivity contribution in [1.82, 2.24) is 4.90 Å². The molecule has 3 nitrogen and oxygen atoms in total. The number of hydrogen-bond donors (Lipinski definition) is 1. The van der Waals surface area contributed by atoms with Gasteiger partial charge in [-0.05, 0) is 35.1 Å². The van der Waals surface area contributed by atoms with Crippen molar-refractivity contribution in [2.75, 3.05) is 6.26 Å². The second-order valence-electron chi connectivity index (χ2n) is 6.72. The number of nitrogens with zero attached hydrogens (tertiary/aromatic N) is 1. The number of thioether (sulfide) groups is 1. The van der Waals surface area contributed by atoms with E-state index in [1.807, 2.05) is 79.1 Å². The molecule has 1 heterocycles. The summed E-state index contributed by atoms with van der Waals surface area (Å²) >= 11 is 1.69. The van der Waals surface area contributed by atoms with Crippen LogP contribution >= 0.6 is 11.8 Å². The Morgan fingerprint density at radius 1 is 0.893 bits per heavy atom. The average Bonchev–Trinajstić information content (AvgIpc) is 3.00. The molecular weight excluding hydrogens is 366 g/mol. The topological polar surface area (TPSA) is 40.5 Å². The molecule has 28 heavy (non-hydrogen) atoms. The fourth-order valence-electron chi connectivity index (χ4n) is 3.64. The smallest absolute Gasteiger partial charge is 0.290 e. The van der Waals surface area contributed by atoms with Crippen LogP contribution in [0.15, 0.2) is 95.6 Å². The zero-order valence-corrected chi connectivity index (χ0v) is 16.4. The fourth-order valence-corrected chi connectivity index (χ4v) is 4.05. The molecule has 1 amide bonds. The third-order valence-corrected chi connectivity index (χ3v) is 5.76. The van der Waals surface area contributed by atoms with Gasteiger partial charge in [0.15, 0.2) is 5.76 Å². The highest BCUT2D eigenvalue weighted by Crippen LogP contribution is 2.43. The van der Waals surface area contributed by atoms with Crippen LogP contribution in [0, 0.1) is 0 Å². The Morgan fingerprint density at radius 2 is 1.50 bits per heavy atom. The summed E-state index contributed by atoms with van der Waals surface area (Å²) < 4.78 is 0. The second-order valence-corrected chi connectivity index (χ2v) is 7.60. The van der Waals surface area contributed by atoms with Crippen LogP contribution in [-0.2, 0) is 11.3 Å². The SMILES string of the molecule is CSc1ccc(CN2C(=O)C(O)=C(c3ccccc3)[C@H]2c2ccccc2)cc1. The van der Waals surface area contributed by atoms with E-state index in [0.717, 1.165) is 16.7 Å². The minimum atomic E-state index is -0.332. The maximum Gasteiger partial charge on any atom is 0.290 e. The van der Waals surface area contributed by atoms with Gasteiger partial charge in [0, 0.05) is 17.0 Å². The monoisotopic (exact) mass is 387 g/mol. The van der Waals surface area contributed by atoms with E-state index in [4.69, 9.17) is 0 Å². The van der Waals surface area contributed by atoms with Gasteiger partial charge in [-0.3, -0.25) is 4.79 Å². The van der Waals surface area contributed by atoms with Crippen LogP contribution in [0.2, 0.25) is 0 Å². The summed E-state index contributed by atoms with van der Waals surface area (Å²) in [5.74, 6) is -0.498. The van der Waals surface area contributed by atoms with E-state index in [1.54, 1.807) is 16.7 Å². The lowest BCUT2D eigenvalue weighted by Gasteiger charge is -2.27. The van der Waals surface area contributed by atoms with Gasteiger partial charge in [-0.25, -0.2) is 0 Å². The molecule has 0 aromatic heterocycles. The van der Waals surface area contributed by atoms with Crippen LogP contribution in [0.1, 0.15) is 22.7 Å². The van der Waals surface area contributed by atoms with Crippen LogP contribution in [-0.4, -0.2) is 22.2 Å². The molecule has 0 saturated heterocycles.